The van der Waals surface area contributed by atoms with Gasteiger partial charge in [0.15, 0.2) is 0 Å². The smallest absolute Gasteiger partial charge is 0.255 e. The van der Waals surface area contributed by atoms with E-state index in [1.165, 1.54) is 7.11 Å². The molecular weight excluding hydrogens is 376 g/mol. The molecule has 1 heterocycles. The maximum Gasteiger partial charge on any atom is 0.255 e. The lowest BCUT2D eigenvalue weighted by atomic mass is 9.98. The predicted octanol–water partition coefficient (Wildman–Crippen LogP) is 4.37. The Balaban J connectivity index is 1.64. The predicted molar refractivity (Wildman–Crippen MR) is 117 cm³/mol. The van der Waals surface area contributed by atoms with Gasteiger partial charge in [-0.3, -0.25) is 9.78 Å². The molecule has 4 aromatic rings. The first-order valence-corrected chi connectivity index (χ1v) is 9.69. The van der Waals surface area contributed by atoms with Crippen LogP contribution in [0.2, 0.25) is 0 Å². The first-order chi connectivity index (χ1) is 14.7. The standard InChI is InChI=1S/C25H22N2O3/c1-30-24-15-19(17-11-13-26-14-12-17)9-10-22(24)25(29)27-23(16-28)21-8-4-6-18-5-2-3-7-20(18)21/h2-15,23,28H,16H2,1H3,(H,27,29). The van der Waals surface area contributed by atoms with E-state index in [4.69, 9.17) is 4.74 Å². The van der Waals surface area contributed by atoms with Crippen molar-refractivity contribution in [2.75, 3.05) is 13.7 Å². The summed E-state index contributed by atoms with van der Waals surface area (Å²) in [5.41, 5.74) is 3.20. The zero-order valence-corrected chi connectivity index (χ0v) is 16.6. The molecule has 5 nitrogen and oxygen atoms in total. The van der Waals surface area contributed by atoms with Crippen molar-refractivity contribution in [3.05, 3.63) is 96.3 Å². The molecule has 0 spiro atoms. The molecule has 150 valence electrons. The van der Waals surface area contributed by atoms with Crippen LogP contribution in [-0.4, -0.2) is 29.7 Å². The highest BCUT2D eigenvalue weighted by Gasteiger charge is 2.20. The molecule has 3 aromatic carbocycles. The van der Waals surface area contributed by atoms with Crippen molar-refractivity contribution in [1.82, 2.24) is 10.3 Å². The summed E-state index contributed by atoms with van der Waals surface area (Å²) in [7, 11) is 1.54. The molecule has 0 saturated carbocycles. The Morgan fingerprint density at radius 1 is 1.00 bits per heavy atom. The van der Waals surface area contributed by atoms with Crippen molar-refractivity contribution in [1.29, 1.82) is 0 Å². The fourth-order valence-electron chi connectivity index (χ4n) is 3.61. The number of amides is 1. The molecule has 0 aliphatic carbocycles. The number of carbonyl (C=O) groups is 1. The second-order valence-electron chi connectivity index (χ2n) is 6.93. The average molecular weight is 398 g/mol. The number of aliphatic hydroxyl groups is 1. The highest BCUT2D eigenvalue weighted by molar-refractivity contribution is 5.98. The fourth-order valence-corrected chi connectivity index (χ4v) is 3.61. The number of methoxy groups -OCH3 is 1. The monoisotopic (exact) mass is 398 g/mol. The van der Waals surface area contributed by atoms with Gasteiger partial charge >= 0.3 is 0 Å². The second kappa shape index (κ2) is 8.76. The van der Waals surface area contributed by atoms with Crippen molar-refractivity contribution in [2.45, 2.75) is 6.04 Å². The summed E-state index contributed by atoms with van der Waals surface area (Å²) < 4.78 is 5.48. The van der Waals surface area contributed by atoms with Crippen molar-refractivity contribution in [3.63, 3.8) is 0 Å². The van der Waals surface area contributed by atoms with E-state index in [0.717, 1.165) is 27.5 Å². The summed E-state index contributed by atoms with van der Waals surface area (Å²) in [5.74, 6) is 0.163. The van der Waals surface area contributed by atoms with Crippen LogP contribution < -0.4 is 10.1 Å². The van der Waals surface area contributed by atoms with Crippen LogP contribution in [0, 0.1) is 0 Å². The third-order valence-corrected chi connectivity index (χ3v) is 5.15. The Morgan fingerprint density at radius 3 is 2.53 bits per heavy atom. The quantitative estimate of drug-likeness (QED) is 0.506. The molecule has 5 heteroatoms. The van der Waals surface area contributed by atoms with Crippen molar-refractivity contribution < 1.29 is 14.6 Å². The SMILES string of the molecule is COc1cc(-c2ccncc2)ccc1C(=O)NC(CO)c1cccc2ccccc12. The maximum atomic E-state index is 13.0. The van der Waals surface area contributed by atoms with Crippen LogP contribution in [0.5, 0.6) is 5.75 Å². The first-order valence-electron chi connectivity index (χ1n) is 9.69. The minimum Gasteiger partial charge on any atom is -0.496 e. The second-order valence-corrected chi connectivity index (χ2v) is 6.93. The Bertz CT molecular complexity index is 1170. The van der Waals surface area contributed by atoms with Crippen LogP contribution in [-0.2, 0) is 0 Å². The summed E-state index contributed by atoms with van der Waals surface area (Å²) in [5, 5.41) is 15.0. The zero-order valence-electron chi connectivity index (χ0n) is 16.6. The highest BCUT2D eigenvalue weighted by atomic mass is 16.5. The number of ether oxygens (including phenoxy) is 1. The molecule has 30 heavy (non-hydrogen) atoms. The normalized spacial score (nSPS) is 11.8. The number of carbonyl (C=O) groups excluding carboxylic acids is 1. The van der Waals surface area contributed by atoms with Crippen LogP contribution in [0.15, 0.2) is 85.2 Å². The topological polar surface area (TPSA) is 71.5 Å². The average Bonchev–Trinajstić information content (AvgIpc) is 2.82. The van der Waals surface area contributed by atoms with Crippen molar-refractivity contribution in [3.8, 4) is 16.9 Å². The molecule has 0 aliphatic heterocycles. The number of hydrogen-bond donors (Lipinski definition) is 2. The number of rotatable bonds is 6. The van der Waals surface area contributed by atoms with Crippen LogP contribution in [0.3, 0.4) is 0 Å². The van der Waals surface area contributed by atoms with E-state index in [-0.39, 0.29) is 12.5 Å². The molecule has 0 radical (unpaired) electrons. The molecule has 0 aliphatic rings. The van der Waals surface area contributed by atoms with E-state index >= 15 is 0 Å². The number of pyridine rings is 1. The van der Waals surface area contributed by atoms with Gasteiger partial charge in [0.05, 0.1) is 25.3 Å². The summed E-state index contributed by atoms with van der Waals surface area (Å²) in [6.07, 6.45) is 3.44. The van der Waals surface area contributed by atoms with Gasteiger partial charge in [0.1, 0.15) is 5.75 Å². The molecule has 1 amide bonds. The Hall–Kier alpha value is -3.70. The van der Waals surface area contributed by atoms with E-state index in [1.807, 2.05) is 66.7 Å². The molecule has 4 rings (SSSR count). The molecule has 0 bridgehead atoms. The molecular formula is C25H22N2O3. The number of fused-ring (bicyclic) bond motifs is 1. The lowest BCUT2D eigenvalue weighted by Crippen LogP contribution is -2.31. The first kappa shape index (κ1) is 19.6. The van der Waals surface area contributed by atoms with Gasteiger partial charge < -0.3 is 15.2 Å². The Labute approximate surface area is 175 Å². The number of nitrogens with zero attached hydrogens (tertiary/aromatic N) is 1. The van der Waals surface area contributed by atoms with Crippen molar-refractivity contribution in [2.24, 2.45) is 0 Å². The summed E-state index contributed by atoms with van der Waals surface area (Å²) >= 11 is 0. The number of aliphatic hydroxyl groups excluding tert-OH is 1. The van der Waals surface area contributed by atoms with Gasteiger partial charge in [-0.05, 0) is 51.7 Å². The molecule has 0 saturated heterocycles. The van der Waals surface area contributed by atoms with Gasteiger partial charge in [-0.25, -0.2) is 0 Å². The van der Waals surface area contributed by atoms with E-state index in [2.05, 4.69) is 10.3 Å². The van der Waals surface area contributed by atoms with Gasteiger partial charge in [0.25, 0.3) is 5.91 Å². The Morgan fingerprint density at radius 2 is 1.77 bits per heavy atom. The molecule has 0 fully saturated rings. The fraction of sp³-hybridized carbons (Fsp3) is 0.120. The molecule has 1 atom stereocenters. The summed E-state index contributed by atoms with van der Waals surface area (Å²) in [6, 6.07) is 22.5. The van der Waals surface area contributed by atoms with E-state index in [0.29, 0.717) is 11.3 Å². The zero-order chi connectivity index (χ0) is 20.9. The minimum absolute atomic E-state index is 0.211. The Kier molecular flexibility index (Phi) is 5.72. The number of nitrogens with one attached hydrogen (secondary N) is 1. The van der Waals surface area contributed by atoms with Crippen LogP contribution >= 0.6 is 0 Å². The largest absolute Gasteiger partial charge is 0.496 e. The third kappa shape index (κ3) is 3.88. The van der Waals surface area contributed by atoms with E-state index in [1.54, 1.807) is 18.5 Å². The van der Waals surface area contributed by atoms with E-state index in [9.17, 15) is 9.90 Å². The van der Waals surface area contributed by atoms with Gasteiger partial charge in [-0.1, -0.05) is 48.5 Å². The van der Waals surface area contributed by atoms with Crippen molar-refractivity contribution >= 4 is 16.7 Å². The lowest BCUT2D eigenvalue weighted by Gasteiger charge is -2.20. The number of aromatic nitrogens is 1. The van der Waals surface area contributed by atoms with Gasteiger partial charge in [0.2, 0.25) is 0 Å². The molecule has 1 aromatic heterocycles. The maximum absolute atomic E-state index is 13.0. The van der Waals surface area contributed by atoms with E-state index < -0.39 is 6.04 Å². The minimum atomic E-state index is -0.534. The number of benzene rings is 3. The van der Waals surface area contributed by atoms with Gasteiger partial charge in [0, 0.05) is 12.4 Å². The third-order valence-electron chi connectivity index (χ3n) is 5.15. The van der Waals surface area contributed by atoms with Crippen LogP contribution in [0.25, 0.3) is 21.9 Å². The van der Waals surface area contributed by atoms with Gasteiger partial charge in [-0.2, -0.15) is 0 Å². The van der Waals surface area contributed by atoms with Crippen LogP contribution in [0.4, 0.5) is 0 Å². The number of hydrogen-bond acceptors (Lipinski definition) is 4. The summed E-state index contributed by atoms with van der Waals surface area (Å²) in [6.45, 7) is -0.211. The molecule has 2 N–H and O–H groups in total. The van der Waals surface area contributed by atoms with Crippen LogP contribution in [0.1, 0.15) is 22.0 Å². The van der Waals surface area contributed by atoms with Gasteiger partial charge in [-0.15, -0.1) is 0 Å². The molecule has 1 unspecified atom stereocenters. The highest BCUT2D eigenvalue weighted by Crippen LogP contribution is 2.29. The summed E-state index contributed by atoms with van der Waals surface area (Å²) in [4.78, 5) is 17.1. The lowest BCUT2D eigenvalue weighted by molar-refractivity contribution is 0.0913.